The number of hydrogen-bond acceptors (Lipinski definition) is 3. The van der Waals surface area contributed by atoms with Crippen LogP contribution in [0.25, 0.3) is 0 Å². The predicted molar refractivity (Wildman–Crippen MR) is 68.2 cm³/mol. The zero-order valence-corrected chi connectivity index (χ0v) is 10.8. The number of rotatable bonds is 3. The molecule has 2 rings (SSSR count). The van der Waals surface area contributed by atoms with E-state index in [9.17, 15) is 14.0 Å². The fourth-order valence-electron chi connectivity index (χ4n) is 2.28. The Morgan fingerprint density at radius 2 is 2.21 bits per heavy atom. The average Bonchev–Trinajstić information content (AvgIpc) is 2.40. The fraction of sp³-hybridized carbons (Fsp3) is 0.429. The second-order valence-corrected chi connectivity index (χ2v) is 4.38. The van der Waals surface area contributed by atoms with Crippen LogP contribution in [-0.2, 0) is 14.3 Å². The fourth-order valence-corrected chi connectivity index (χ4v) is 2.28. The molecule has 1 fully saturated rings. The lowest BCUT2D eigenvalue weighted by atomic mass is 10.0. The molecule has 1 amide bonds. The van der Waals surface area contributed by atoms with Crippen LogP contribution in [-0.4, -0.2) is 24.5 Å². The zero-order chi connectivity index (χ0) is 13.8. The minimum absolute atomic E-state index is 0.144. The first-order valence-corrected chi connectivity index (χ1v) is 6.38. The number of carbonyl (C=O) groups excluding carboxylic acids is 2. The highest BCUT2D eigenvalue weighted by atomic mass is 19.1. The summed E-state index contributed by atoms with van der Waals surface area (Å²) in [6.45, 7) is 1.95. The smallest absolute Gasteiger partial charge is 0.329 e. The Hall–Kier alpha value is -1.91. The molecular formula is C14H16FNO3. The number of ether oxygens (including phenoxy) is 1. The number of hydrogen-bond donors (Lipinski definition) is 0. The van der Waals surface area contributed by atoms with Crippen LogP contribution in [0.3, 0.4) is 0 Å². The standard InChI is InChI=1S/C14H16FNO3/c1-2-19-14(18)12-8-5-9-13(17)16(12)11-7-4-3-6-10(11)15/h3-4,6-7,12H,2,5,8-9H2,1H3. The van der Waals surface area contributed by atoms with Gasteiger partial charge in [-0.15, -0.1) is 0 Å². The molecule has 1 aliphatic rings. The minimum Gasteiger partial charge on any atom is -0.464 e. The topological polar surface area (TPSA) is 46.6 Å². The summed E-state index contributed by atoms with van der Waals surface area (Å²) in [7, 11) is 0. The van der Waals surface area contributed by atoms with Crippen molar-refractivity contribution in [2.75, 3.05) is 11.5 Å². The van der Waals surface area contributed by atoms with Crippen molar-refractivity contribution in [1.29, 1.82) is 0 Å². The third kappa shape index (κ3) is 2.75. The Morgan fingerprint density at radius 3 is 2.89 bits per heavy atom. The van der Waals surface area contributed by atoms with E-state index in [1.165, 1.54) is 17.0 Å². The molecule has 5 heteroatoms. The van der Waals surface area contributed by atoms with Gasteiger partial charge in [0.1, 0.15) is 11.9 Å². The van der Waals surface area contributed by atoms with Crippen LogP contribution in [0.2, 0.25) is 0 Å². The molecule has 1 aromatic carbocycles. The molecule has 0 N–H and O–H groups in total. The molecule has 1 saturated heterocycles. The van der Waals surface area contributed by atoms with Crippen LogP contribution in [0, 0.1) is 5.82 Å². The minimum atomic E-state index is -0.724. The van der Waals surface area contributed by atoms with Gasteiger partial charge >= 0.3 is 5.97 Å². The van der Waals surface area contributed by atoms with Gasteiger partial charge in [0, 0.05) is 6.42 Å². The van der Waals surface area contributed by atoms with E-state index in [2.05, 4.69) is 0 Å². The van der Waals surface area contributed by atoms with Crippen molar-refractivity contribution in [3.05, 3.63) is 30.1 Å². The molecule has 1 aromatic rings. The number of amides is 1. The van der Waals surface area contributed by atoms with E-state index in [0.717, 1.165) is 0 Å². The summed E-state index contributed by atoms with van der Waals surface area (Å²) in [6.07, 6.45) is 1.44. The number of carbonyl (C=O) groups is 2. The van der Waals surface area contributed by atoms with Crippen LogP contribution in [0.15, 0.2) is 24.3 Å². The quantitative estimate of drug-likeness (QED) is 0.788. The predicted octanol–water partition coefficient (Wildman–Crippen LogP) is 2.27. The van der Waals surface area contributed by atoms with E-state index in [-0.39, 0.29) is 18.2 Å². The van der Waals surface area contributed by atoms with Gasteiger partial charge in [0.2, 0.25) is 5.91 Å². The number of anilines is 1. The Bertz CT molecular complexity index is 489. The van der Waals surface area contributed by atoms with E-state index in [4.69, 9.17) is 4.74 Å². The van der Waals surface area contributed by atoms with Crippen LogP contribution < -0.4 is 4.90 Å². The molecule has 0 spiro atoms. The van der Waals surface area contributed by atoms with E-state index in [1.54, 1.807) is 19.1 Å². The maximum atomic E-state index is 13.8. The highest BCUT2D eigenvalue weighted by Gasteiger charge is 2.36. The van der Waals surface area contributed by atoms with Crippen molar-refractivity contribution < 1.29 is 18.7 Å². The lowest BCUT2D eigenvalue weighted by Gasteiger charge is -2.34. The molecule has 0 aromatic heterocycles. The highest BCUT2D eigenvalue weighted by molar-refractivity contribution is 6.00. The lowest BCUT2D eigenvalue weighted by molar-refractivity contribution is -0.146. The van der Waals surface area contributed by atoms with Gasteiger partial charge in [-0.25, -0.2) is 9.18 Å². The molecule has 1 aliphatic heterocycles. The van der Waals surface area contributed by atoms with Gasteiger partial charge in [-0.1, -0.05) is 12.1 Å². The summed E-state index contributed by atoms with van der Waals surface area (Å²) in [5.74, 6) is -1.22. The normalized spacial score (nSPS) is 19.4. The van der Waals surface area contributed by atoms with Crippen molar-refractivity contribution >= 4 is 17.6 Å². The first-order chi connectivity index (χ1) is 9.15. The van der Waals surface area contributed by atoms with Gasteiger partial charge in [-0.3, -0.25) is 9.69 Å². The summed E-state index contributed by atoms with van der Waals surface area (Å²) >= 11 is 0. The Labute approximate surface area is 111 Å². The van der Waals surface area contributed by atoms with Crippen molar-refractivity contribution in [2.24, 2.45) is 0 Å². The maximum Gasteiger partial charge on any atom is 0.329 e. The number of nitrogens with zero attached hydrogens (tertiary/aromatic N) is 1. The zero-order valence-electron chi connectivity index (χ0n) is 10.8. The molecular weight excluding hydrogens is 249 g/mol. The summed E-state index contributed by atoms with van der Waals surface area (Å²) in [5.41, 5.74) is 0.144. The highest BCUT2D eigenvalue weighted by Crippen LogP contribution is 2.28. The van der Waals surface area contributed by atoms with Crippen molar-refractivity contribution in [3.63, 3.8) is 0 Å². The molecule has 0 saturated carbocycles. The molecule has 0 bridgehead atoms. The Balaban J connectivity index is 2.34. The number of piperidine rings is 1. The van der Waals surface area contributed by atoms with Gasteiger partial charge in [0.05, 0.1) is 12.3 Å². The van der Waals surface area contributed by atoms with E-state index < -0.39 is 17.8 Å². The van der Waals surface area contributed by atoms with Crippen molar-refractivity contribution in [1.82, 2.24) is 0 Å². The van der Waals surface area contributed by atoms with E-state index >= 15 is 0 Å². The van der Waals surface area contributed by atoms with E-state index in [0.29, 0.717) is 19.3 Å². The Morgan fingerprint density at radius 1 is 1.47 bits per heavy atom. The molecule has 1 atom stereocenters. The molecule has 1 unspecified atom stereocenters. The van der Waals surface area contributed by atoms with Gasteiger partial charge in [-0.05, 0) is 31.9 Å². The van der Waals surface area contributed by atoms with Crippen LogP contribution in [0.5, 0.6) is 0 Å². The largest absolute Gasteiger partial charge is 0.464 e. The number of halogens is 1. The van der Waals surface area contributed by atoms with Gasteiger partial charge in [-0.2, -0.15) is 0 Å². The summed E-state index contributed by atoms with van der Waals surface area (Å²) < 4.78 is 18.8. The first-order valence-electron chi connectivity index (χ1n) is 6.38. The summed E-state index contributed by atoms with van der Waals surface area (Å²) in [4.78, 5) is 25.2. The molecule has 1 heterocycles. The monoisotopic (exact) mass is 265 g/mol. The lowest BCUT2D eigenvalue weighted by Crippen LogP contribution is -2.49. The summed E-state index contributed by atoms with van der Waals surface area (Å²) in [5, 5.41) is 0. The second-order valence-electron chi connectivity index (χ2n) is 4.38. The number of esters is 1. The number of para-hydroxylation sites is 1. The third-order valence-corrected chi connectivity index (χ3v) is 3.12. The first kappa shape index (κ1) is 13.5. The number of benzene rings is 1. The van der Waals surface area contributed by atoms with Gasteiger partial charge in [0.25, 0.3) is 0 Å². The van der Waals surface area contributed by atoms with Crippen LogP contribution >= 0.6 is 0 Å². The average molecular weight is 265 g/mol. The molecule has 102 valence electrons. The maximum absolute atomic E-state index is 13.8. The molecule has 19 heavy (non-hydrogen) atoms. The van der Waals surface area contributed by atoms with Crippen LogP contribution in [0.4, 0.5) is 10.1 Å². The SMILES string of the molecule is CCOC(=O)C1CCCC(=O)N1c1ccccc1F. The van der Waals surface area contributed by atoms with Crippen molar-refractivity contribution in [2.45, 2.75) is 32.2 Å². The van der Waals surface area contributed by atoms with Crippen LogP contribution in [0.1, 0.15) is 26.2 Å². The molecule has 0 aliphatic carbocycles. The molecule has 0 radical (unpaired) electrons. The third-order valence-electron chi connectivity index (χ3n) is 3.12. The van der Waals surface area contributed by atoms with Gasteiger partial charge in [0.15, 0.2) is 0 Å². The Kier molecular flexibility index (Phi) is 4.14. The van der Waals surface area contributed by atoms with Crippen molar-refractivity contribution in [3.8, 4) is 0 Å². The van der Waals surface area contributed by atoms with E-state index in [1.807, 2.05) is 0 Å². The second kappa shape index (κ2) is 5.82. The molecule has 4 nitrogen and oxygen atoms in total. The summed E-state index contributed by atoms with van der Waals surface area (Å²) in [6, 6.07) is 5.25. The van der Waals surface area contributed by atoms with Gasteiger partial charge < -0.3 is 4.74 Å².